The van der Waals surface area contributed by atoms with Crippen LogP contribution < -0.4 is 21.7 Å². The van der Waals surface area contributed by atoms with E-state index in [9.17, 15) is 14.3 Å². The Morgan fingerprint density at radius 2 is 2.22 bits per heavy atom. The average molecular weight is 442 g/mol. The lowest BCUT2D eigenvalue weighted by molar-refractivity contribution is 0.0785. The third-order valence-electron chi connectivity index (χ3n) is 5.79. The number of nitrogens with one attached hydrogen (secondary N) is 1. The summed E-state index contributed by atoms with van der Waals surface area (Å²) in [7, 11) is 0. The topological polar surface area (TPSA) is 144 Å². The number of nitrogens with zero attached hydrogens (tertiary/aromatic N) is 3. The zero-order chi connectivity index (χ0) is 22.8. The molecule has 170 valence electrons. The standard InChI is InChI=1S/C22H27FN6O3/c1-12-10-29(11-14(24)20(12)30)16-4-6-26-9-15(16)28-22(31)18-19-17(32-21(18)25)7-13(8-27-19)3-2-5-23/h4,6-9,12,14,20,30H,2-3,5,10-11,24-25H2,1H3,(H,28,31)/t12-,14+,20+/m0/s1. The molecule has 4 rings (SSSR count). The molecular formula is C22H27FN6O3. The first kappa shape index (κ1) is 22.0. The number of aliphatic hydroxyl groups is 1. The summed E-state index contributed by atoms with van der Waals surface area (Å²) in [6, 6.07) is 3.11. The number of nitrogens with two attached hydrogens (primary N) is 2. The van der Waals surface area contributed by atoms with E-state index >= 15 is 0 Å². The van der Waals surface area contributed by atoms with Crippen LogP contribution in [0.2, 0.25) is 0 Å². The van der Waals surface area contributed by atoms with Crippen LogP contribution in [0.4, 0.5) is 21.6 Å². The maximum Gasteiger partial charge on any atom is 0.263 e. The van der Waals surface area contributed by atoms with Crippen molar-refractivity contribution in [3.8, 4) is 0 Å². The Morgan fingerprint density at radius 3 is 2.97 bits per heavy atom. The Labute approximate surface area is 184 Å². The third kappa shape index (κ3) is 4.23. The summed E-state index contributed by atoms with van der Waals surface area (Å²) in [6.07, 6.45) is 5.11. The molecule has 10 heteroatoms. The molecule has 0 bridgehead atoms. The number of piperidine rings is 1. The molecule has 3 aromatic rings. The second-order valence-corrected chi connectivity index (χ2v) is 8.21. The minimum Gasteiger partial charge on any atom is -0.438 e. The predicted octanol–water partition coefficient (Wildman–Crippen LogP) is 2.10. The van der Waals surface area contributed by atoms with Crippen LogP contribution in [0.15, 0.2) is 35.1 Å². The Balaban J connectivity index is 1.60. The zero-order valence-electron chi connectivity index (χ0n) is 17.8. The molecule has 0 radical (unpaired) electrons. The predicted molar refractivity (Wildman–Crippen MR) is 120 cm³/mol. The molecule has 1 aliphatic rings. The molecule has 0 aromatic carbocycles. The van der Waals surface area contributed by atoms with Crippen LogP contribution in [0.3, 0.4) is 0 Å². The largest absolute Gasteiger partial charge is 0.438 e. The van der Waals surface area contributed by atoms with Gasteiger partial charge in [0.05, 0.1) is 30.4 Å². The minimum atomic E-state index is -0.580. The van der Waals surface area contributed by atoms with Gasteiger partial charge in [-0.05, 0) is 30.5 Å². The number of aliphatic hydroxyl groups excluding tert-OH is 1. The number of pyridine rings is 2. The summed E-state index contributed by atoms with van der Waals surface area (Å²) in [5.74, 6) is -0.552. The van der Waals surface area contributed by atoms with E-state index in [1.54, 1.807) is 30.7 Å². The lowest BCUT2D eigenvalue weighted by Gasteiger charge is -2.40. The molecule has 0 aliphatic carbocycles. The lowest BCUT2D eigenvalue weighted by atomic mass is 9.92. The van der Waals surface area contributed by atoms with Gasteiger partial charge in [0, 0.05) is 37.4 Å². The maximum atomic E-state index is 13.1. The van der Waals surface area contributed by atoms with Crippen molar-refractivity contribution < 1.29 is 18.7 Å². The van der Waals surface area contributed by atoms with Gasteiger partial charge in [0.15, 0.2) is 5.58 Å². The molecule has 0 spiro atoms. The number of alkyl halides is 1. The van der Waals surface area contributed by atoms with Crippen LogP contribution in [0.5, 0.6) is 0 Å². The van der Waals surface area contributed by atoms with Crippen molar-refractivity contribution in [2.24, 2.45) is 11.7 Å². The smallest absolute Gasteiger partial charge is 0.263 e. The van der Waals surface area contributed by atoms with Crippen LogP contribution in [-0.4, -0.2) is 52.9 Å². The summed E-state index contributed by atoms with van der Waals surface area (Å²) >= 11 is 0. The quantitative estimate of drug-likeness (QED) is 0.454. The van der Waals surface area contributed by atoms with Crippen molar-refractivity contribution in [2.75, 3.05) is 35.7 Å². The van der Waals surface area contributed by atoms with Crippen molar-refractivity contribution in [3.63, 3.8) is 0 Å². The van der Waals surface area contributed by atoms with Gasteiger partial charge in [-0.15, -0.1) is 0 Å². The van der Waals surface area contributed by atoms with E-state index in [2.05, 4.69) is 15.3 Å². The number of hydrogen-bond acceptors (Lipinski definition) is 8. The van der Waals surface area contributed by atoms with Crippen LogP contribution in [0, 0.1) is 5.92 Å². The SMILES string of the molecule is C[C@H]1CN(c2ccncc2NC(=O)c2c(N)oc3cc(CCCF)cnc23)C[C@@H](N)[C@@H]1O. The first-order chi connectivity index (χ1) is 15.4. The second-order valence-electron chi connectivity index (χ2n) is 8.21. The van der Waals surface area contributed by atoms with Gasteiger partial charge in [0.2, 0.25) is 5.88 Å². The number of aryl methyl sites for hydroxylation is 1. The number of aromatic nitrogens is 2. The lowest BCUT2D eigenvalue weighted by Crippen LogP contribution is -2.55. The number of hydrogen-bond donors (Lipinski definition) is 4. The van der Waals surface area contributed by atoms with E-state index in [1.165, 1.54) is 0 Å². The highest BCUT2D eigenvalue weighted by Crippen LogP contribution is 2.32. The fraction of sp³-hybridized carbons (Fsp3) is 0.409. The molecule has 32 heavy (non-hydrogen) atoms. The second kappa shape index (κ2) is 9.09. The zero-order valence-corrected chi connectivity index (χ0v) is 17.8. The Bertz CT molecular complexity index is 1110. The van der Waals surface area contributed by atoms with Gasteiger partial charge in [-0.3, -0.25) is 19.2 Å². The normalized spacial score (nSPS) is 21.1. The van der Waals surface area contributed by atoms with Gasteiger partial charge in [0.25, 0.3) is 5.91 Å². The van der Waals surface area contributed by atoms with Gasteiger partial charge in [0.1, 0.15) is 11.1 Å². The number of carbonyl (C=O) groups is 1. The van der Waals surface area contributed by atoms with Gasteiger partial charge >= 0.3 is 0 Å². The molecule has 9 nitrogen and oxygen atoms in total. The summed E-state index contributed by atoms with van der Waals surface area (Å²) in [4.78, 5) is 23.6. The molecule has 1 fully saturated rings. The van der Waals surface area contributed by atoms with E-state index in [0.29, 0.717) is 42.7 Å². The first-order valence-corrected chi connectivity index (χ1v) is 10.6. The molecule has 6 N–H and O–H groups in total. The third-order valence-corrected chi connectivity index (χ3v) is 5.79. The number of carbonyl (C=O) groups excluding carboxylic acids is 1. The molecule has 3 aromatic heterocycles. The van der Waals surface area contributed by atoms with Crippen molar-refractivity contribution >= 4 is 34.3 Å². The number of anilines is 3. The Hall–Kier alpha value is -3.24. The van der Waals surface area contributed by atoms with Gasteiger partial charge < -0.3 is 31.2 Å². The van der Waals surface area contributed by atoms with E-state index < -0.39 is 24.7 Å². The number of fused-ring (bicyclic) bond motifs is 1. The Kier molecular flexibility index (Phi) is 6.24. The van der Waals surface area contributed by atoms with Gasteiger partial charge in [-0.25, -0.2) is 0 Å². The maximum absolute atomic E-state index is 13.1. The fourth-order valence-corrected chi connectivity index (χ4v) is 4.12. The highest BCUT2D eigenvalue weighted by atomic mass is 19.1. The summed E-state index contributed by atoms with van der Waals surface area (Å²) < 4.78 is 18.0. The van der Waals surface area contributed by atoms with E-state index in [1.807, 2.05) is 11.8 Å². The number of furan rings is 1. The molecule has 1 amide bonds. The highest BCUT2D eigenvalue weighted by Gasteiger charge is 2.32. The van der Waals surface area contributed by atoms with Crippen molar-refractivity contribution in [1.82, 2.24) is 9.97 Å². The molecule has 0 unspecified atom stereocenters. The average Bonchev–Trinajstić information content (AvgIpc) is 3.11. The Morgan fingerprint density at radius 1 is 1.41 bits per heavy atom. The van der Waals surface area contributed by atoms with E-state index in [0.717, 1.165) is 11.3 Å². The number of halogens is 1. The molecular weight excluding hydrogens is 415 g/mol. The highest BCUT2D eigenvalue weighted by molar-refractivity contribution is 6.15. The van der Waals surface area contributed by atoms with Crippen molar-refractivity contribution in [3.05, 3.63) is 41.9 Å². The van der Waals surface area contributed by atoms with Gasteiger partial charge in [-0.2, -0.15) is 0 Å². The van der Waals surface area contributed by atoms with Gasteiger partial charge in [-0.1, -0.05) is 6.92 Å². The van der Waals surface area contributed by atoms with Crippen LogP contribution >= 0.6 is 0 Å². The molecule has 0 saturated carbocycles. The monoisotopic (exact) mass is 442 g/mol. The van der Waals surface area contributed by atoms with E-state index in [4.69, 9.17) is 15.9 Å². The van der Waals surface area contributed by atoms with Crippen LogP contribution in [0.25, 0.3) is 11.1 Å². The van der Waals surface area contributed by atoms with Crippen LogP contribution in [0.1, 0.15) is 29.3 Å². The molecule has 1 aliphatic heterocycles. The minimum absolute atomic E-state index is 0.0280. The van der Waals surface area contributed by atoms with Crippen LogP contribution in [-0.2, 0) is 6.42 Å². The van der Waals surface area contributed by atoms with Crippen molar-refractivity contribution in [2.45, 2.75) is 31.9 Å². The first-order valence-electron chi connectivity index (χ1n) is 10.6. The number of amides is 1. The molecule has 4 heterocycles. The number of rotatable bonds is 6. The fourth-order valence-electron chi connectivity index (χ4n) is 4.12. The summed E-state index contributed by atoms with van der Waals surface area (Å²) in [6.45, 7) is 2.54. The number of nitrogen functional groups attached to an aromatic ring is 1. The van der Waals surface area contributed by atoms with Crippen molar-refractivity contribution in [1.29, 1.82) is 0 Å². The summed E-state index contributed by atoms with van der Waals surface area (Å²) in [5, 5.41) is 13.0. The molecule has 3 atom stereocenters. The molecule has 1 saturated heterocycles. The van der Waals surface area contributed by atoms with E-state index in [-0.39, 0.29) is 17.4 Å². The summed E-state index contributed by atoms with van der Waals surface area (Å²) in [5.41, 5.74) is 15.0.